The molecule has 0 aromatic rings. The van der Waals surface area contributed by atoms with Crippen LogP contribution in [0.2, 0.25) is 0 Å². The summed E-state index contributed by atoms with van der Waals surface area (Å²) >= 11 is 0. The Hall–Kier alpha value is -0.0400. The molecular formula is C12H23N. The van der Waals surface area contributed by atoms with Crippen LogP contribution in [0.1, 0.15) is 51.9 Å². The van der Waals surface area contributed by atoms with Gasteiger partial charge in [-0.2, -0.15) is 0 Å². The van der Waals surface area contributed by atoms with Gasteiger partial charge in [-0.25, -0.2) is 0 Å². The van der Waals surface area contributed by atoms with Crippen molar-refractivity contribution in [1.29, 1.82) is 0 Å². The molecule has 2 rings (SSSR count). The molecule has 1 unspecified atom stereocenters. The van der Waals surface area contributed by atoms with Gasteiger partial charge in [0.25, 0.3) is 0 Å². The van der Waals surface area contributed by atoms with E-state index in [1.807, 2.05) is 0 Å². The van der Waals surface area contributed by atoms with Crippen LogP contribution in [0.3, 0.4) is 0 Å². The van der Waals surface area contributed by atoms with Gasteiger partial charge in [0.15, 0.2) is 0 Å². The highest BCUT2D eigenvalue weighted by Gasteiger charge is 2.42. The molecule has 0 bridgehead atoms. The van der Waals surface area contributed by atoms with Crippen LogP contribution >= 0.6 is 0 Å². The molecule has 2 aliphatic carbocycles. The van der Waals surface area contributed by atoms with Crippen molar-refractivity contribution in [1.82, 2.24) is 5.32 Å². The summed E-state index contributed by atoms with van der Waals surface area (Å²) in [4.78, 5) is 0. The number of nitrogens with one attached hydrogen (secondary N) is 1. The monoisotopic (exact) mass is 181 g/mol. The van der Waals surface area contributed by atoms with E-state index in [2.05, 4.69) is 19.3 Å². The van der Waals surface area contributed by atoms with E-state index in [0.29, 0.717) is 5.41 Å². The summed E-state index contributed by atoms with van der Waals surface area (Å²) in [5.41, 5.74) is 0.619. The first-order valence-electron chi connectivity index (χ1n) is 5.93. The van der Waals surface area contributed by atoms with Crippen LogP contribution in [0.5, 0.6) is 0 Å². The molecule has 1 heteroatoms. The standard InChI is InChI=1S/C12H23N/c1-12(8-4-3-5-9-12)11(13-2)10-6-7-10/h10-11,13H,3-9H2,1-2H3. The molecular weight excluding hydrogens is 158 g/mol. The van der Waals surface area contributed by atoms with Crippen molar-refractivity contribution >= 4 is 0 Å². The van der Waals surface area contributed by atoms with E-state index in [1.54, 1.807) is 0 Å². The van der Waals surface area contributed by atoms with Crippen molar-refractivity contribution in [2.75, 3.05) is 7.05 Å². The highest BCUT2D eigenvalue weighted by molar-refractivity contribution is 4.97. The fourth-order valence-electron chi connectivity index (χ4n) is 3.25. The van der Waals surface area contributed by atoms with Crippen LogP contribution in [0.25, 0.3) is 0 Å². The third kappa shape index (κ3) is 1.90. The Morgan fingerprint density at radius 1 is 1.15 bits per heavy atom. The maximum atomic E-state index is 3.57. The van der Waals surface area contributed by atoms with Gasteiger partial charge in [0.05, 0.1) is 0 Å². The van der Waals surface area contributed by atoms with Gasteiger partial charge < -0.3 is 5.32 Å². The second-order valence-corrected chi connectivity index (χ2v) is 5.32. The van der Waals surface area contributed by atoms with E-state index >= 15 is 0 Å². The number of rotatable bonds is 3. The zero-order valence-corrected chi connectivity index (χ0v) is 9.10. The summed E-state index contributed by atoms with van der Waals surface area (Å²) in [6.07, 6.45) is 10.2. The highest BCUT2D eigenvalue weighted by Crippen LogP contribution is 2.47. The zero-order chi connectivity index (χ0) is 9.31. The normalized spacial score (nSPS) is 30.0. The van der Waals surface area contributed by atoms with Crippen molar-refractivity contribution in [3.63, 3.8) is 0 Å². The van der Waals surface area contributed by atoms with Crippen LogP contribution in [0, 0.1) is 11.3 Å². The second kappa shape index (κ2) is 3.61. The van der Waals surface area contributed by atoms with Crippen molar-refractivity contribution in [2.24, 2.45) is 11.3 Å². The molecule has 76 valence electrons. The van der Waals surface area contributed by atoms with Crippen LogP contribution in [0.4, 0.5) is 0 Å². The first kappa shape index (κ1) is 9.51. The van der Waals surface area contributed by atoms with E-state index in [-0.39, 0.29) is 0 Å². The summed E-state index contributed by atoms with van der Waals surface area (Å²) < 4.78 is 0. The van der Waals surface area contributed by atoms with Gasteiger partial charge in [-0.1, -0.05) is 26.2 Å². The second-order valence-electron chi connectivity index (χ2n) is 5.32. The largest absolute Gasteiger partial charge is 0.316 e. The lowest BCUT2D eigenvalue weighted by molar-refractivity contribution is 0.135. The van der Waals surface area contributed by atoms with E-state index in [1.165, 1.54) is 44.9 Å². The topological polar surface area (TPSA) is 12.0 Å². The van der Waals surface area contributed by atoms with Crippen LogP contribution < -0.4 is 5.32 Å². The Labute approximate surface area is 82.3 Å². The molecule has 2 saturated carbocycles. The minimum Gasteiger partial charge on any atom is -0.316 e. The molecule has 13 heavy (non-hydrogen) atoms. The minimum atomic E-state index is 0.619. The molecule has 2 fully saturated rings. The fourth-order valence-corrected chi connectivity index (χ4v) is 3.25. The molecule has 1 nitrogen and oxygen atoms in total. The molecule has 0 heterocycles. The lowest BCUT2D eigenvalue weighted by Gasteiger charge is -2.41. The third-order valence-corrected chi connectivity index (χ3v) is 4.15. The molecule has 0 aromatic heterocycles. The third-order valence-electron chi connectivity index (χ3n) is 4.15. The SMILES string of the molecule is CNC(C1CC1)C1(C)CCCCC1. The Kier molecular flexibility index (Phi) is 2.64. The first-order chi connectivity index (χ1) is 6.26. The number of hydrogen-bond donors (Lipinski definition) is 1. The van der Waals surface area contributed by atoms with Crippen molar-refractivity contribution in [3.05, 3.63) is 0 Å². The first-order valence-corrected chi connectivity index (χ1v) is 5.93. The predicted octanol–water partition coefficient (Wildman–Crippen LogP) is 2.95. The Morgan fingerprint density at radius 3 is 2.23 bits per heavy atom. The van der Waals surface area contributed by atoms with Gasteiger partial charge in [0.1, 0.15) is 0 Å². The molecule has 0 radical (unpaired) electrons. The molecule has 0 aliphatic heterocycles. The van der Waals surface area contributed by atoms with Gasteiger partial charge in [0, 0.05) is 6.04 Å². The van der Waals surface area contributed by atoms with Crippen molar-refractivity contribution in [3.8, 4) is 0 Å². The lowest BCUT2D eigenvalue weighted by Crippen LogP contribution is -2.44. The Balaban J connectivity index is 2.00. The fraction of sp³-hybridized carbons (Fsp3) is 1.00. The maximum absolute atomic E-state index is 3.57. The predicted molar refractivity (Wildman–Crippen MR) is 56.8 cm³/mol. The van der Waals surface area contributed by atoms with E-state index in [4.69, 9.17) is 0 Å². The minimum absolute atomic E-state index is 0.619. The van der Waals surface area contributed by atoms with Gasteiger partial charge >= 0.3 is 0 Å². The highest BCUT2D eigenvalue weighted by atomic mass is 14.9. The van der Waals surface area contributed by atoms with Crippen LogP contribution in [-0.2, 0) is 0 Å². The van der Waals surface area contributed by atoms with Gasteiger partial charge in [-0.3, -0.25) is 0 Å². The van der Waals surface area contributed by atoms with E-state index < -0.39 is 0 Å². The average Bonchev–Trinajstić information content (AvgIpc) is 2.90. The summed E-state index contributed by atoms with van der Waals surface area (Å²) in [5, 5.41) is 3.57. The maximum Gasteiger partial charge on any atom is 0.0146 e. The molecule has 0 amide bonds. The Morgan fingerprint density at radius 2 is 1.77 bits per heavy atom. The summed E-state index contributed by atoms with van der Waals surface area (Å²) in [7, 11) is 2.16. The number of hydrogen-bond acceptors (Lipinski definition) is 1. The molecule has 0 saturated heterocycles. The van der Waals surface area contributed by atoms with Crippen molar-refractivity contribution in [2.45, 2.75) is 57.9 Å². The van der Waals surface area contributed by atoms with Gasteiger partial charge in [-0.15, -0.1) is 0 Å². The quantitative estimate of drug-likeness (QED) is 0.706. The summed E-state index contributed by atoms with van der Waals surface area (Å²) in [5.74, 6) is 1.01. The Bertz CT molecular complexity index is 166. The van der Waals surface area contributed by atoms with Gasteiger partial charge in [0.2, 0.25) is 0 Å². The van der Waals surface area contributed by atoms with Crippen LogP contribution in [-0.4, -0.2) is 13.1 Å². The van der Waals surface area contributed by atoms with E-state index in [0.717, 1.165) is 12.0 Å². The van der Waals surface area contributed by atoms with Gasteiger partial charge in [-0.05, 0) is 44.1 Å². The van der Waals surface area contributed by atoms with Crippen molar-refractivity contribution < 1.29 is 0 Å². The summed E-state index contributed by atoms with van der Waals surface area (Å²) in [6.45, 7) is 2.51. The molecule has 1 atom stereocenters. The van der Waals surface area contributed by atoms with E-state index in [9.17, 15) is 0 Å². The molecule has 0 aromatic carbocycles. The zero-order valence-electron chi connectivity index (χ0n) is 9.10. The molecule has 2 aliphatic rings. The lowest BCUT2D eigenvalue weighted by atomic mass is 9.69. The molecule has 1 N–H and O–H groups in total. The average molecular weight is 181 g/mol. The smallest absolute Gasteiger partial charge is 0.0146 e. The van der Waals surface area contributed by atoms with Crippen LogP contribution in [0.15, 0.2) is 0 Å². The summed E-state index contributed by atoms with van der Waals surface area (Å²) in [6, 6.07) is 0.813. The molecule has 0 spiro atoms.